The van der Waals surface area contributed by atoms with Gasteiger partial charge in [-0.15, -0.1) is 0 Å². The summed E-state index contributed by atoms with van der Waals surface area (Å²) in [5.74, 6) is -1.27. The molecular weight excluding hydrogens is 467 g/mol. The molecule has 0 aromatic heterocycles. The second-order valence-corrected chi connectivity index (χ2v) is 10.1. The number of sulfone groups is 1. The lowest BCUT2D eigenvalue weighted by atomic mass is 10.0. The van der Waals surface area contributed by atoms with Crippen LogP contribution in [0.4, 0.5) is 10.1 Å². The van der Waals surface area contributed by atoms with Crippen LogP contribution < -0.4 is 14.8 Å². The zero-order valence-electron chi connectivity index (χ0n) is 19.4. The first-order chi connectivity index (χ1) is 16.0. The Kier molecular flexibility index (Phi) is 7.78. The van der Waals surface area contributed by atoms with E-state index >= 15 is 0 Å². The summed E-state index contributed by atoms with van der Waals surface area (Å²) in [4.78, 5) is 26.7. The van der Waals surface area contributed by atoms with Gasteiger partial charge < -0.3 is 24.4 Å². The Morgan fingerprint density at radius 1 is 1.26 bits per heavy atom. The van der Waals surface area contributed by atoms with Crippen LogP contribution in [0.3, 0.4) is 0 Å². The Labute approximate surface area is 197 Å². The van der Waals surface area contributed by atoms with Crippen LogP contribution in [-0.2, 0) is 26.0 Å². The summed E-state index contributed by atoms with van der Waals surface area (Å²) < 4.78 is 55.4. The normalized spacial score (nSPS) is 14.7. The lowest BCUT2D eigenvalue weighted by Gasteiger charge is -2.31. The number of methoxy groups -OCH3 is 1. The van der Waals surface area contributed by atoms with Gasteiger partial charge in [0.05, 0.1) is 43.4 Å². The van der Waals surface area contributed by atoms with Crippen LogP contribution in [0, 0.1) is 5.82 Å². The molecule has 2 aromatic rings. The van der Waals surface area contributed by atoms with E-state index in [0.29, 0.717) is 23.7 Å². The number of ether oxygens (including phenoxy) is 3. The molecule has 1 N–H and O–H groups in total. The number of anilines is 1. The number of carbonyl (C=O) groups is 2. The second kappa shape index (κ2) is 10.4. The highest BCUT2D eigenvalue weighted by Gasteiger charge is 2.34. The Hall–Kier alpha value is -3.18. The van der Waals surface area contributed by atoms with E-state index in [1.807, 2.05) is 0 Å². The van der Waals surface area contributed by atoms with Crippen molar-refractivity contribution in [1.29, 1.82) is 0 Å². The van der Waals surface area contributed by atoms with E-state index in [-0.39, 0.29) is 30.2 Å². The molecule has 1 atom stereocenters. The highest BCUT2D eigenvalue weighted by Crippen LogP contribution is 2.36. The van der Waals surface area contributed by atoms with Crippen molar-refractivity contribution in [3.05, 3.63) is 52.8 Å². The van der Waals surface area contributed by atoms with Crippen molar-refractivity contribution >= 4 is 27.3 Å². The average molecular weight is 495 g/mol. The molecule has 0 spiro atoms. The van der Waals surface area contributed by atoms with Crippen molar-refractivity contribution in [2.75, 3.05) is 37.8 Å². The van der Waals surface area contributed by atoms with Crippen LogP contribution in [0.1, 0.15) is 41.4 Å². The van der Waals surface area contributed by atoms with E-state index in [2.05, 4.69) is 5.32 Å². The van der Waals surface area contributed by atoms with E-state index < -0.39 is 39.3 Å². The van der Waals surface area contributed by atoms with Gasteiger partial charge in [0.1, 0.15) is 22.4 Å². The summed E-state index contributed by atoms with van der Waals surface area (Å²) in [6.07, 6.45) is 1.07. The molecule has 34 heavy (non-hydrogen) atoms. The van der Waals surface area contributed by atoms with Crippen LogP contribution >= 0.6 is 0 Å². The summed E-state index contributed by atoms with van der Waals surface area (Å²) in [5, 5.41) is 2.48. The maximum absolute atomic E-state index is 14.2. The van der Waals surface area contributed by atoms with E-state index in [1.165, 1.54) is 18.9 Å². The smallest absolute Gasteiger partial charge is 0.258 e. The number of benzene rings is 2. The van der Waals surface area contributed by atoms with Crippen LogP contribution in [-0.4, -0.2) is 57.6 Å². The fourth-order valence-electron chi connectivity index (χ4n) is 3.83. The van der Waals surface area contributed by atoms with E-state index in [1.54, 1.807) is 25.1 Å². The number of fused-ring (bicyclic) bond motifs is 1. The van der Waals surface area contributed by atoms with Gasteiger partial charge >= 0.3 is 0 Å². The van der Waals surface area contributed by atoms with Crippen molar-refractivity contribution < 1.29 is 36.6 Å². The molecule has 0 fully saturated rings. The van der Waals surface area contributed by atoms with Crippen molar-refractivity contribution in [3.63, 3.8) is 0 Å². The number of rotatable bonds is 8. The van der Waals surface area contributed by atoms with Crippen LogP contribution in [0.15, 0.2) is 30.3 Å². The quantitative estimate of drug-likeness (QED) is 0.601. The molecule has 1 aliphatic heterocycles. The predicted molar refractivity (Wildman–Crippen MR) is 123 cm³/mol. The molecule has 184 valence electrons. The summed E-state index contributed by atoms with van der Waals surface area (Å²) in [5.41, 5.74) is 0.773. The molecule has 3 rings (SSSR count). The monoisotopic (exact) mass is 494 g/mol. The van der Waals surface area contributed by atoms with Crippen LogP contribution in [0.25, 0.3) is 0 Å². The zero-order valence-corrected chi connectivity index (χ0v) is 20.2. The van der Waals surface area contributed by atoms with Gasteiger partial charge in [-0.25, -0.2) is 12.8 Å². The minimum absolute atomic E-state index is 0.00848. The van der Waals surface area contributed by atoms with Crippen molar-refractivity contribution in [1.82, 2.24) is 4.90 Å². The summed E-state index contributed by atoms with van der Waals surface area (Å²) in [7, 11) is -2.08. The molecule has 0 bridgehead atoms. The first-order valence-electron chi connectivity index (χ1n) is 10.5. The Morgan fingerprint density at radius 2 is 2.00 bits per heavy atom. The zero-order chi connectivity index (χ0) is 25.0. The Balaban J connectivity index is 2.14. The van der Waals surface area contributed by atoms with Crippen LogP contribution in [0.5, 0.6) is 11.5 Å². The highest BCUT2D eigenvalue weighted by atomic mass is 32.2. The van der Waals surface area contributed by atoms with Crippen molar-refractivity contribution in [3.8, 4) is 11.5 Å². The lowest BCUT2D eigenvalue weighted by Crippen LogP contribution is -2.39. The van der Waals surface area contributed by atoms with Crippen LogP contribution in [0.2, 0.25) is 0 Å². The maximum atomic E-state index is 14.2. The lowest BCUT2D eigenvalue weighted by molar-refractivity contribution is -0.114. The first kappa shape index (κ1) is 25.4. The average Bonchev–Trinajstić information content (AvgIpc) is 2.89. The third kappa shape index (κ3) is 5.84. The van der Waals surface area contributed by atoms with Crippen molar-refractivity contribution in [2.24, 2.45) is 0 Å². The standard InChI is InChI=1S/C23H27FN2O7S/c1-5-33-21-9-15(6-7-20(21)31-3)19(12-34(4,29)30)26-13-32-11-16-8-17(24)10-18(25-14(2)27)22(16)23(26)28/h6-10,19H,5,11-13H2,1-4H3,(H,25,27). The fraction of sp³-hybridized carbons (Fsp3) is 0.391. The summed E-state index contributed by atoms with van der Waals surface area (Å²) >= 11 is 0. The topological polar surface area (TPSA) is 111 Å². The largest absolute Gasteiger partial charge is 0.493 e. The molecule has 2 aromatic carbocycles. The van der Waals surface area contributed by atoms with Gasteiger partial charge in [-0.1, -0.05) is 6.07 Å². The molecular formula is C23H27FN2O7S. The van der Waals surface area contributed by atoms with E-state index in [9.17, 15) is 22.4 Å². The number of hydrogen-bond donors (Lipinski definition) is 1. The molecule has 0 radical (unpaired) electrons. The third-order valence-electron chi connectivity index (χ3n) is 5.17. The second-order valence-electron chi connectivity index (χ2n) is 7.87. The fourth-order valence-corrected chi connectivity index (χ4v) is 4.77. The van der Waals surface area contributed by atoms with Gasteiger partial charge in [0.15, 0.2) is 11.5 Å². The summed E-state index contributed by atoms with van der Waals surface area (Å²) in [6.45, 7) is 3.05. The highest BCUT2D eigenvalue weighted by molar-refractivity contribution is 7.90. The van der Waals surface area contributed by atoms with Gasteiger partial charge in [-0.2, -0.15) is 0 Å². The number of hydrogen-bond acceptors (Lipinski definition) is 7. The number of nitrogens with one attached hydrogen (secondary N) is 1. The molecule has 9 nitrogen and oxygen atoms in total. The molecule has 1 aliphatic rings. The predicted octanol–water partition coefficient (Wildman–Crippen LogP) is 2.91. The molecule has 1 heterocycles. The minimum Gasteiger partial charge on any atom is -0.493 e. The number of halogens is 1. The summed E-state index contributed by atoms with van der Waals surface area (Å²) in [6, 6.07) is 6.16. The maximum Gasteiger partial charge on any atom is 0.258 e. The van der Waals surface area contributed by atoms with Gasteiger partial charge in [0.25, 0.3) is 5.91 Å². The Bertz CT molecular complexity index is 1200. The molecule has 0 aliphatic carbocycles. The number of amides is 2. The Morgan fingerprint density at radius 3 is 2.62 bits per heavy atom. The molecule has 2 amide bonds. The van der Waals surface area contributed by atoms with E-state index in [0.717, 1.165) is 18.4 Å². The molecule has 0 saturated carbocycles. The number of carbonyl (C=O) groups excluding carboxylic acids is 2. The van der Waals surface area contributed by atoms with Gasteiger partial charge in [-0.05, 0) is 42.3 Å². The number of nitrogens with zero attached hydrogens (tertiary/aromatic N) is 1. The van der Waals surface area contributed by atoms with Gasteiger partial charge in [0.2, 0.25) is 5.91 Å². The third-order valence-corrected chi connectivity index (χ3v) is 6.09. The van der Waals surface area contributed by atoms with Crippen molar-refractivity contribution in [2.45, 2.75) is 26.5 Å². The van der Waals surface area contributed by atoms with Gasteiger partial charge in [-0.3, -0.25) is 9.59 Å². The SMILES string of the molecule is CCOc1cc(C(CS(C)(=O)=O)N2COCc3cc(F)cc(NC(C)=O)c3C2=O)ccc1OC. The first-order valence-corrected chi connectivity index (χ1v) is 12.6. The molecule has 0 saturated heterocycles. The molecule has 1 unspecified atom stereocenters. The molecule has 11 heteroatoms. The minimum atomic E-state index is -3.56. The van der Waals surface area contributed by atoms with Gasteiger partial charge in [0, 0.05) is 13.2 Å². The van der Waals surface area contributed by atoms with E-state index in [4.69, 9.17) is 14.2 Å².